The van der Waals surface area contributed by atoms with Crippen molar-refractivity contribution in [3.63, 3.8) is 0 Å². The van der Waals surface area contributed by atoms with E-state index in [4.69, 9.17) is 0 Å². The fourth-order valence-electron chi connectivity index (χ4n) is 6.38. The number of hydrogen-bond acceptors (Lipinski definition) is 0. The van der Waals surface area contributed by atoms with Crippen molar-refractivity contribution in [1.29, 1.82) is 0 Å². The van der Waals surface area contributed by atoms with Crippen LogP contribution in [0.1, 0.15) is 42.0 Å². The third-order valence-electron chi connectivity index (χ3n) is 8.14. The molecule has 204 valence electrons. The predicted molar refractivity (Wildman–Crippen MR) is 181 cm³/mol. The minimum Gasteiger partial charge on any atom is -0.0805 e. The molecular formula is C38H42P2. The molecule has 0 nitrogen and oxygen atoms in total. The highest BCUT2D eigenvalue weighted by Gasteiger charge is 2.36. The number of aryl methyl sites for hydroxylation is 4. The van der Waals surface area contributed by atoms with Gasteiger partial charge in [0.1, 0.15) is 0 Å². The minimum atomic E-state index is -0.548. The molecule has 0 heterocycles. The fourth-order valence-corrected chi connectivity index (χ4v) is 12.8. The minimum absolute atomic E-state index is 0.143. The van der Waals surface area contributed by atoms with E-state index in [-0.39, 0.29) is 5.41 Å². The molecule has 0 saturated heterocycles. The first-order valence-electron chi connectivity index (χ1n) is 14.5. The lowest BCUT2D eigenvalue weighted by molar-refractivity contribution is 0.424. The van der Waals surface area contributed by atoms with Gasteiger partial charge in [0.25, 0.3) is 0 Å². The normalized spacial score (nSPS) is 14.5. The van der Waals surface area contributed by atoms with E-state index in [0.717, 1.165) is 12.8 Å². The van der Waals surface area contributed by atoms with Crippen LogP contribution in [0.5, 0.6) is 0 Å². The molecule has 4 aromatic rings. The summed E-state index contributed by atoms with van der Waals surface area (Å²) in [6, 6.07) is 36.4. The lowest BCUT2D eigenvalue weighted by Crippen LogP contribution is -2.34. The van der Waals surface area contributed by atoms with Gasteiger partial charge in [0.15, 0.2) is 0 Å². The van der Waals surface area contributed by atoms with Crippen LogP contribution in [0.3, 0.4) is 0 Å². The van der Waals surface area contributed by atoms with Gasteiger partial charge in [0.2, 0.25) is 0 Å². The summed E-state index contributed by atoms with van der Waals surface area (Å²) in [7, 11) is -1.04. The van der Waals surface area contributed by atoms with Gasteiger partial charge >= 0.3 is 0 Å². The largest absolute Gasteiger partial charge is 0.0805 e. The molecular weight excluding hydrogens is 518 g/mol. The molecule has 0 bridgehead atoms. The average molecular weight is 561 g/mol. The molecule has 0 N–H and O–H groups in total. The third kappa shape index (κ3) is 6.57. The van der Waals surface area contributed by atoms with Crippen LogP contribution >= 0.6 is 15.8 Å². The molecule has 0 aromatic heterocycles. The summed E-state index contributed by atoms with van der Waals surface area (Å²) in [5.74, 6) is 0. The van der Waals surface area contributed by atoms with Crippen LogP contribution < -0.4 is 21.2 Å². The summed E-state index contributed by atoms with van der Waals surface area (Å²) >= 11 is 0. The van der Waals surface area contributed by atoms with E-state index < -0.39 is 15.8 Å². The number of hydrogen-bond donors (Lipinski definition) is 0. The monoisotopic (exact) mass is 560 g/mol. The van der Waals surface area contributed by atoms with Crippen LogP contribution in [0, 0.1) is 33.1 Å². The number of allylic oxidation sites excluding steroid dienone is 4. The second-order valence-electron chi connectivity index (χ2n) is 11.8. The van der Waals surface area contributed by atoms with Gasteiger partial charge in [0, 0.05) is 0 Å². The maximum atomic E-state index is 2.60. The highest BCUT2D eigenvalue weighted by Crippen LogP contribution is 2.51. The zero-order chi connectivity index (χ0) is 28.1. The van der Waals surface area contributed by atoms with E-state index in [2.05, 4.69) is 150 Å². The summed E-state index contributed by atoms with van der Waals surface area (Å²) in [5.41, 5.74) is 7.47. The van der Waals surface area contributed by atoms with Gasteiger partial charge < -0.3 is 0 Å². The van der Waals surface area contributed by atoms with E-state index in [1.54, 1.807) is 16.2 Å². The quantitative estimate of drug-likeness (QED) is 0.170. The van der Waals surface area contributed by atoms with Crippen molar-refractivity contribution < 1.29 is 0 Å². The van der Waals surface area contributed by atoms with E-state index in [1.807, 2.05) is 0 Å². The maximum Gasteiger partial charge on any atom is -0.0132 e. The Morgan fingerprint density at radius 1 is 0.575 bits per heavy atom. The molecule has 0 fully saturated rings. The van der Waals surface area contributed by atoms with E-state index >= 15 is 0 Å². The van der Waals surface area contributed by atoms with Crippen molar-refractivity contribution in [1.82, 2.24) is 0 Å². The van der Waals surface area contributed by atoms with Gasteiger partial charge in [-0.2, -0.15) is 0 Å². The molecule has 0 spiro atoms. The van der Waals surface area contributed by atoms with Crippen LogP contribution in [0.25, 0.3) is 0 Å². The Morgan fingerprint density at radius 2 is 1.02 bits per heavy atom. The summed E-state index contributed by atoms with van der Waals surface area (Å²) < 4.78 is 0. The van der Waals surface area contributed by atoms with Crippen LogP contribution in [-0.2, 0) is 0 Å². The fraction of sp³-hybridized carbons (Fsp3) is 0.263. The molecule has 1 aliphatic rings. The Morgan fingerprint density at radius 3 is 1.45 bits per heavy atom. The zero-order valence-electron chi connectivity index (χ0n) is 24.7. The summed E-state index contributed by atoms with van der Waals surface area (Å²) in [6.45, 7) is 11.9. The van der Waals surface area contributed by atoms with Crippen LogP contribution in [-0.4, -0.2) is 12.3 Å². The lowest BCUT2D eigenvalue weighted by Gasteiger charge is -2.39. The van der Waals surface area contributed by atoms with Crippen molar-refractivity contribution in [2.75, 3.05) is 12.3 Å². The molecule has 0 saturated carbocycles. The first kappa shape index (κ1) is 28.7. The second-order valence-corrected chi connectivity index (χ2v) is 16.0. The number of rotatable bonds is 10. The Balaban J connectivity index is 1.64. The van der Waals surface area contributed by atoms with Crippen molar-refractivity contribution >= 4 is 37.1 Å². The van der Waals surface area contributed by atoms with Gasteiger partial charge in [-0.25, -0.2) is 0 Å². The number of benzene rings is 4. The van der Waals surface area contributed by atoms with Gasteiger partial charge in [0.05, 0.1) is 0 Å². The van der Waals surface area contributed by atoms with Crippen molar-refractivity contribution in [2.45, 2.75) is 47.5 Å². The summed E-state index contributed by atoms with van der Waals surface area (Å²) in [6.07, 6.45) is 11.6. The molecule has 1 atom stereocenters. The van der Waals surface area contributed by atoms with Crippen LogP contribution in [0.2, 0.25) is 0 Å². The molecule has 1 unspecified atom stereocenters. The molecule has 4 aromatic carbocycles. The first-order valence-corrected chi connectivity index (χ1v) is 17.5. The highest BCUT2D eigenvalue weighted by molar-refractivity contribution is 7.74. The van der Waals surface area contributed by atoms with Crippen LogP contribution in [0.15, 0.2) is 121 Å². The van der Waals surface area contributed by atoms with Crippen molar-refractivity contribution in [2.24, 2.45) is 5.41 Å². The molecule has 0 radical (unpaired) electrons. The van der Waals surface area contributed by atoms with E-state index in [9.17, 15) is 0 Å². The van der Waals surface area contributed by atoms with Gasteiger partial charge in [-0.05, 0) is 118 Å². The zero-order valence-corrected chi connectivity index (χ0v) is 26.5. The van der Waals surface area contributed by atoms with Crippen molar-refractivity contribution in [3.8, 4) is 0 Å². The Kier molecular flexibility index (Phi) is 9.20. The Hall–Kier alpha value is -2.78. The van der Waals surface area contributed by atoms with E-state index in [0.29, 0.717) is 0 Å². The SMILES string of the molecule is Cc1cccc(C)c1P(CC(C)(CC1=CC=CC1)CP(c1ccccc1)c1ccccc1)c1c(C)cccc1C. The van der Waals surface area contributed by atoms with Crippen LogP contribution in [0.4, 0.5) is 0 Å². The molecule has 0 aliphatic heterocycles. The van der Waals surface area contributed by atoms with Gasteiger partial charge in [-0.15, -0.1) is 0 Å². The topological polar surface area (TPSA) is 0 Å². The lowest BCUT2D eigenvalue weighted by atomic mass is 9.87. The van der Waals surface area contributed by atoms with Crippen molar-refractivity contribution in [3.05, 3.63) is 143 Å². The predicted octanol–water partition coefficient (Wildman–Crippen LogP) is 8.77. The Labute approximate surface area is 244 Å². The summed E-state index contributed by atoms with van der Waals surface area (Å²) in [4.78, 5) is 0. The van der Waals surface area contributed by atoms with E-state index in [1.165, 1.54) is 45.2 Å². The molecule has 2 heteroatoms. The average Bonchev–Trinajstić information content (AvgIpc) is 3.45. The molecule has 5 rings (SSSR count). The molecule has 0 amide bonds. The maximum absolute atomic E-state index is 2.60. The summed E-state index contributed by atoms with van der Waals surface area (Å²) in [5, 5.41) is 6.14. The standard InChI is InChI=1S/C38H42P2/c1-29-16-14-17-30(2)36(29)40(37-31(3)18-15-19-32(37)4)28-38(5,26-33-20-12-13-21-33)27-39(34-22-8-6-9-23-34)35-24-10-7-11-25-35/h6-20,22-25H,21,26-28H2,1-5H3. The highest BCUT2D eigenvalue weighted by atomic mass is 31.1. The first-order chi connectivity index (χ1) is 19.3. The smallest absolute Gasteiger partial charge is 0.0132 e. The molecule has 1 aliphatic carbocycles. The Bertz CT molecular complexity index is 1370. The van der Waals surface area contributed by atoms with Gasteiger partial charge in [-0.1, -0.05) is 128 Å². The third-order valence-corrected chi connectivity index (χ3v) is 14.6. The molecule has 40 heavy (non-hydrogen) atoms. The van der Waals surface area contributed by atoms with Gasteiger partial charge in [-0.3, -0.25) is 0 Å². The second kappa shape index (κ2) is 12.8.